The highest BCUT2D eigenvalue weighted by Gasteiger charge is 2.49. The molecule has 0 spiro atoms. The number of hydrogen-bond donors (Lipinski definition) is 0. The summed E-state index contributed by atoms with van der Waals surface area (Å²) >= 11 is 6.00. The summed E-state index contributed by atoms with van der Waals surface area (Å²) in [5.41, 5.74) is 1.59. The molecule has 2 heterocycles. The molecule has 6 heteroatoms. The molecule has 4 rings (SSSR count). The summed E-state index contributed by atoms with van der Waals surface area (Å²) in [6, 6.07) is 7.56. The van der Waals surface area contributed by atoms with Crippen molar-refractivity contribution in [1.82, 2.24) is 9.78 Å². The zero-order valence-electron chi connectivity index (χ0n) is 13.2. The van der Waals surface area contributed by atoms with Gasteiger partial charge in [0.2, 0.25) is 11.8 Å². The minimum absolute atomic E-state index is 0.0630. The second-order valence-electron chi connectivity index (χ2n) is 6.54. The maximum absolute atomic E-state index is 12.6. The molecule has 1 aliphatic heterocycles. The van der Waals surface area contributed by atoms with E-state index in [4.69, 9.17) is 11.6 Å². The zero-order valence-corrected chi connectivity index (χ0v) is 13.9. The van der Waals surface area contributed by atoms with Gasteiger partial charge in [-0.1, -0.05) is 36.6 Å². The highest BCUT2D eigenvalue weighted by atomic mass is 35.5. The third-order valence-electron chi connectivity index (χ3n) is 4.95. The fourth-order valence-corrected chi connectivity index (χ4v) is 4.01. The lowest BCUT2D eigenvalue weighted by Crippen LogP contribution is -2.30. The first-order valence-corrected chi connectivity index (χ1v) is 8.66. The highest BCUT2D eigenvalue weighted by molar-refractivity contribution is 6.30. The molecular weight excluding hydrogens is 326 g/mol. The van der Waals surface area contributed by atoms with Crippen molar-refractivity contribution in [2.45, 2.75) is 32.2 Å². The molecule has 2 fully saturated rings. The number of amides is 2. The predicted molar refractivity (Wildman–Crippen MR) is 90.7 cm³/mol. The number of carbonyl (C=O) groups excluding carboxylic acids is 2. The average Bonchev–Trinajstić information content (AvgIpc) is 3.11. The number of carbonyl (C=O) groups is 2. The lowest BCUT2D eigenvalue weighted by atomic mass is 9.81. The van der Waals surface area contributed by atoms with Crippen LogP contribution in [0.4, 0.5) is 5.69 Å². The first kappa shape index (κ1) is 15.4. The summed E-state index contributed by atoms with van der Waals surface area (Å²) < 4.78 is 1.73. The molecule has 5 nitrogen and oxygen atoms in total. The summed E-state index contributed by atoms with van der Waals surface area (Å²) in [5, 5.41) is 4.97. The minimum atomic E-state index is -0.137. The standard InChI is InChI=1S/C18H18ClN3O2/c19-13-5-3-4-12(8-13)10-21-11-14(9-20-21)22-17(23)15-6-1-2-7-16(15)18(22)24/h3-5,8-9,11,15-16H,1-2,6-7,10H2/t15-,16-/m1/s1. The Morgan fingerprint density at radius 1 is 1.12 bits per heavy atom. The first-order valence-electron chi connectivity index (χ1n) is 8.28. The molecule has 1 saturated carbocycles. The molecule has 0 radical (unpaired) electrons. The molecule has 124 valence electrons. The van der Waals surface area contributed by atoms with Gasteiger partial charge in [0.05, 0.1) is 30.3 Å². The van der Waals surface area contributed by atoms with Crippen LogP contribution < -0.4 is 4.90 Å². The van der Waals surface area contributed by atoms with E-state index in [0.717, 1.165) is 31.2 Å². The lowest BCUT2D eigenvalue weighted by Gasteiger charge is -2.19. The number of fused-ring (bicyclic) bond motifs is 1. The van der Waals surface area contributed by atoms with Gasteiger partial charge in [0.25, 0.3) is 0 Å². The van der Waals surface area contributed by atoms with Crippen molar-refractivity contribution in [2.24, 2.45) is 11.8 Å². The van der Waals surface area contributed by atoms with Gasteiger partial charge in [-0.25, -0.2) is 4.90 Å². The second kappa shape index (κ2) is 6.06. The molecule has 1 aromatic carbocycles. The van der Waals surface area contributed by atoms with Gasteiger partial charge in [0.15, 0.2) is 0 Å². The van der Waals surface area contributed by atoms with Crippen molar-refractivity contribution in [1.29, 1.82) is 0 Å². The van der Waals surface area contributed by atoms with Gasteiger partial charge in [-0.3, -0.25) is 14.3 Å². The maximum Gasteiger partial charge on any atom is 0.237 e. The van der Waals surface area contributed by atoms with Gasteiger partial charge >= 0.3 is 0 Å². The second-order valence-corrected chi connectivity index (χ2v) is 6.97. The first-order chi connectivity index (χ1) is 11.6. The Kier molecular flexibility index (Phi) is 3.88. The summed E-state index contributed by atoms with van der Waals surface area (Å²) in [4.78, 5) is 26.6. The van der Waals surface area contributed by atoms with Crippen molar-refractivity contribution in [3.63, 3.8) is 0 Å². The van der Waals surface area contributed by atoms with Crippen LogP contribution in [0.3, 0.4) is 0 Å². The molecule has 1 aliphatic carbocycles. The Morgan fingerprint density at radius 2 is 1.83 bits per heavy atom. The average molecular weight is 344 g/mol. The van der Waals surface area contributed by atoms with Gasteiger partial charge in [0.1, 0.15) is 0 Å². The Balaban J connectivity index is 1.56. The van der Waals surface area contributed by atoms with Crippen LogP contribution in [0.2, 0.25) is 5.02 Å². The van der Waals surface area contributed by atoms with Crippen molar-refractivity contribution in [3.05, 3.63) is 47.2 Å². The summed E-state index contributed by atoms with van der Waals surface area (Å²) in [7, 11) is 0. The maximum atomic E-state index is 12.6. The van der Waals surface area contributed by atoms with Crippen LogP contribution >= 0.6 is 11.6 Å². The molecule has 0 bridgehead atoms. The molecule has 24 heavy (non-hydrogen) atoms. The summed E-state index contributed by atoms with van der Waals surface area (Å²) in [5.74, 6) is -0.399. The molecule has 2 atom stereocenters. The number of nitrogens with zero attached hydrogens (tertiary/aromatic N) is 3. The van der Waals surface area contributed by atoms with Crippen LogP contribution in [-0.4, -0.2) is 21.6 Å². The molecule has 2 amide bonds. The number of imide groups is 1. The lowest BCUT2D eigenvalue weighted by molar-refractivity contribution is -0.122. The Hall–Kier alpha value is -2.14. The van der Waals surface area contributed by atoms with Crippen LogP contribution in [0.5, 0.6) is 0 Å². The largest absolute Gasteiger partial charge is 0.274 e. The van der Waals surface area contributed by atoms with Crippen LogP contribution in [-0.2, 0) is 16.1 Å². The zero-order chi connectivity index (χ0) is 16.7. The molecule has 1 aromatic heterocycles. The fraction of sp³-hybridized carbons (Fsp3) is 0.389. The minimum Gasteiger partial charge on any atom is -0.274 e. The van der Waals surface area contributed by atoms with Gasteiger partial charge in [-0.15, -0.1) is 0 Å². The third-order valence-corrected chi connectivity index (χ3v) is 5.19. The van der Waals surface area contributed by atoms with Crippen molar-refractivity contribution in [2.75, 3.05) is 4.90 Å². The topological polar surface area (TPSA) is 55.2 Å². The molecule has 0 unspecified atom stereocenters. The summed E-state index contributed by atoms with van der Waals surface area (Å²) in [6.07, 6.45) is 7.06. The van der Waals surface area contributed by atoms with E-state index in [1.54, 1.807) is 17.1 Å². The van der Waals surface area contributed by atoms with Crippen LogP contribution in [0.25, 0.3) is 0 Å². The Bertz CT molecular complexity index is 777. The third kappa shape index (κ3) is 2.63. The fourth-order valence-electron chi connectivity index (χ4n) is 3.79. The van der Waals surface area contributed by atoms with Crippen molar-refractivity contribution >= 4 is 29.1 Å². The van der Waals surface area contributed by atoms with Crippen LogP contribution in [0, 0.1) is 11.8 Å². The summed E-state index contributed by atoms with van der Waals surface area (Å²) in [6.45, 7) is 0.545. The number of anilines is 1. The van der Waals surface area contributed by atoms with Gasteiger partial charge < -0.3 is 0 Å². The van der Waals surface area contributed by atoms with Gasteiger partial charge in [-0.2, -0.15) is 5.10 Å². The van der Waals surface area contributed by atoms with E-state index >= 15 is 0 Å². The van der Waals surface area contributed by atoms with Crippen LogP contribution in [0.15, 0.2) is 36.7 Å². The monoisotopic (exact) mass is 343 g/mol. The SMILES string of the molecule is O=C1[C@@H]2CCCC[C@H]2C(=O)N1c1cnn(Cc2cccc(Cl)c2)c1. The highest BCUT2D eigenvalue weighted by Crippen LogP contribution is 2.39. The quantitative estimate of drug-likeness (QED) is 0.804. The van der Waals surface area contributed by atoms with E-state index in [1.807, 2.05) is 24.3 Å². The van der Waals surface area contributed by atoms with E-state index in [1.165, 1.54) is 4.90 Å². The number of benzene rings is 1. The predicted octanol–water partition coefficient (Wildman–Crippen LogP) is 3.26. The number of hydrogen-bond acceptors (Lipinski definition) is 3. The molecule has 0 N–H and O–H groups in total. The van der Waals surface area contributed by atoms with Crippen molar-refractivity contribution < 1.29 is 9.59 Å². The normalized spacial score (nSPS) is 23.6. The van der Waals surface area contributed by atoms with E-state index in [2.05, 4.69) is 5.10 Å². The molecular formula is C18H18ClN3O2. The number of halogens is 1. The van der Waals surface area contributed by atoms with Gasteiger partial charge in [-0.05, 0) is 30.5 Å². The Labute approximate surface area is 145 Å². The van der Waals surface area contributed by atoms with E-state index in [-0.39, 0.29) is 23.7 Å². The molecule has 1 saturated heterocycles. The van der Waals surface area contributed by atoms with E-state index < -0.39 is 0 Å². The molecule has 2 aromatic rings. The van der Waals surface area contributed by atoms with E-state index in [9.17, 15) is 9.59 Å². The Morgan fingerprint density at radius 3 is 2.50 bits per heavy atom. The number of aromatic nitrogens is 2. The smallest absolute Gasteiger partial charge is 0.237 e. The van der Waals surface area contributed by atoms with Crippen LogP contribution in [0.1, 0.15) is 31.2 Å². The van der Waals surface area contributed by atoms with Crippen molar-refractivity contribution in [3.8, 4) is 0 Å². The molecule has 2 aliphatic rings. The number of rotatable bonds is 3. The van der Waals surface area contributed by atoms with Gasteiger partial charge in [0, 0.05) is 11.2 Å². The van der Waals surface area contributed by atoms with E-state index in [0.29, 0.717) is 17.3 Å².